The molecule has 0 N–H and O–H groups in total. The van der Waals surface area contributed by atoms with Crippen LogP contribution >= 0.6 is 0 Å². The molecule has 2 fully saturated rings. The number of piperazine rings is 2. The number of rotatable bonds is 1. The quantitative estimate of drug-likeness (QED) is 0.740. The summed E-state index contributed by atoms with van der Waals surface area (Å²) in [6.07, 6.45) is 1.88. The summed E-state index contributed by atoms with van der Waals surface area (Å²) < 4.78 is 1.84. The van der Waals surface area contributed by atoms with Gasteiger partial charge in [0, 0.05) is 65.6 Å². The summed E-state index contributed by atoms with van der Waals surface area (Å²) in [5.74, 6) is 0.0456. The molecule has 3 rings (SSSR count). The minimum Gasteiger partial charge on any atom is -0.347 e. The van der Waals surface area contributed by atoms with Gasteiger partial charge in [-0.2, -0.15) is 0 Å². The zero-order valence-corrected chi connectivity index (χ0v) is 13.9. The summed E-state index contributed by atoms with van der Waals surface area (Å²) >= 11 is 0. The van der Waals surface area contributed by atoms with Crippen LogP contribution < -0.4 is 0 Å². The highest BCUT2D eigenvalue weighted by Gasteiger charge is 2.29. The first kappa shape index (κ1) is 15.9. The van der Waals surface area contributed by atoms with Gasteiger partial charge < -0.3 is 24.2 Å². The van der Waals surface area contributed by atoms with Crippen molar-refractivity contribution in [2.75, 3.05) is 59.4 Å². The molecule has 0 aliphatic carbocycles. The molecule has 0 saturated carbocycles. The van der Waals surface area contributed by atoms with Gasteiger partial charge in [0.05, 0.1) is 0 Å². The lowest BCUT2D eigenvalue weighted by atomic mass is 10.2. The van der Waals surface area contributed by atoms with Crippen molar-refractivity contribution in [1.82, 2.24) is 24.2 Å². The fourth-order valence-corrected chi connectivity index (χ4v) is 3.14. The molecule has 3 amide bonds. The Morgan fingerprint density at radius 3 is 1.87 bits per heavy atom. The van der Waals surface area contributed by atoms with Crippen LogP contribution in [0.1, 0.15) is 10.5 Å². The van der Waals surface area contributed by atoms with Crippen LogP contribution in [0, 0.1) is 0 Å². The van der Waals surface area contributed by atoms with E-state index in [2.05, 4.69) is 11.9 Å². The first-order chi connectivity index (χ1) is 11.1. The third-order valence-corrected chi connectivity index (χ3v) is 4.77. The van der Waals surface area contributed by atoms with Crippen LogP contribution in [-0.2, 0) is 7.05 Å². The van der Waals surface area contributed by atoms with E-state index < -0.39 is 0 Å². The molecule has 3 heterocycles. The molecule has 23 heavy (non-hydrogen) atoms. The Hall–Kier alpha value is -2.02. The van der Waals surface area contributed by atoms with E-state index in [0.29, 0.717) is 31.9 Å². The Labute approximate surface area is 137 Å². The fourth-order valence-electron chi connectivity index (χ4n) is 3.14. The average molecular weight is 319 g/mol. The molecule has 0 aromatic carbocycles. The first-order valence-corrected chi connectivity index (χ1v) is 8.19. The average Bonchev–Trinajstić information content (AvgIpc) is 3.00. The molecular weight excluding hydrogens is 294 g/mol. The number of hydrogen-bond donors (Lipinski definition) is 0. The van der Waals surface area contributed by atoms with Crippen LogP contribution in [0.3, 0.4) is 0 Å². The van der Waals surface area contributed by atoms with Gasteiger partial charge in [0.1, 0.15) is 5.69 Å². The Balaban J connectivity index is 1.53. The predicted octanol–water partition coefficient (Wildman–Crippen LogP) is 0.150. The summed E-state index contributed by atoms with van der Waals surface area (Å²) in [5.41, 5.74) is 0.698. The number of likely N-dealkylation sites (N-methyl/N-ethyl adjacent to an activating group) is 1. The molecule has 7 heteroatoms. The minimum atomic E-state index is 0.0456. The molecule has 2 aliphatic rings. The number of carbonyl (C=O) groups is 2. The van der Waals surface area contributed by atoms with Gasteiger partial charge >= 0.3 is 6.03 Å². The number of hydrogen-bond acceptors (Lipinski definition) is 3. The second kappa shape index (κ2) is 6.62. The van der Waals surface area contributed by atoms with E-state index in [0.717, 1.165) is 26.2 Å². The maximum absolute atomic E-state index is 12.5. The molecule has 0 spiro atoms. The number of nitrogens with zero attached hydrogens (tertiary/aromatic N) is 5. The first-order valence-electron chi connectivity index (χ1n) is 8.19. The smallest absolute Gasteiger partial charge is 0.320 e. The summed E-state index contributed by atoms with van der Waals surface area (Å²) in [5, 5.41) is 0. The van der Waals surface area contributed by atoms with Gasteiger partial charge in [-0.3, -0.25) is 4.79 Å². The van der Waals surface area contributed by atoms with Crippen LogP contribution in [-0.4, -0.2) is 95.5 Å². The van der Waals surface area contributed by atoms with Crippen molar-refractivity contribution in [1.29, 1.82) is 0 Å². The molecule has 0 radical (unpaired) electrons. The topological polar surface area (TPSA) is 52.0 Å². The van der Waals surface area contributed by atoms with Crippen molar-refractivity contribution in [2.24, 2.45) is 7.05 Å². The van der Waals surface area contributed by atoms with Crippen LogP contribution in [0.25, 0.3) is 0 Å². The molecule has 1 aromatic rings. The number of carbonyl (C=O) groups excluding carboxylic acids is 2. The highest BCUT2D eigenvalue weighted by Crippen LogP contribution is 2.11. The summed E-state index contributed by atoms with van der Waals surface area (Å²) in [4.78, 5) is 32.9. The summed E-state index contributed by atoms with van der Waals surface area (Å²) in [6, 6.07) is 3.83. The number of urea groups is 1. The molecule has 126 valence electrons. The van der Waals surface area contributed by atoms with E-state index in [1.807, 2.05) is 44.6 Å². The number of aryl methyl sites for hydroxylation is 1. The molecule has 0 atom stereocenters. The minimum absolute atomic E-state index is 0.0456. The van der Waals surface area contributed by atoms with Crippen molar-refractivity contribution in [3.8, 4) is 0 Å². The monoisotopic (exact) mass is 319 g/mol. The van der Waals surface area contributed by atoms with E-state index in [1.165, 1.54) is 0 Å². The number of amides is 3. The molecule has 1 aromatic heterocycles. The van der Waals surface area contributed by atoms with E-state index in [9.17, 15) is 9.59 Å². The van der Waals surface area contributed by atoms with E-state index >= 15 is 0 Å². The zero-order chi connectivity index (χ0) is 16.4. The van der Waals surface area contributed by atoms with Crippen LogP contribution in [0.15, 0.2) is 18.3 Å². The SMILES string of the molecule is CN1CCN(C(=O)N2CCN(C(=O)c3cccn3C)CC2)CC1. The molecule has 0 unspecified atom stereocenters. The van der Waals surface area contributed by atoms with E-state index in [4.69, 9.17) is 0 Å². The highest BCUT2D eigenvalue weighted by atomic mass is 16.2. The van der Waals surface area contributed by atoms with Crippen LogP contribution in [0.2, 0.25) is 0 Å². The van der Waals surface area contributed by atoms with Gasteiger partial charge in [0.15, 0.2) is 0 Å². The maximum Gasteiger partial charge on any atom is 0.320 e. The van der Waals surface area contributed by atoms with E-state index in [-0.39, 0.29) is 11.9 Å². The Morgan fingerprint density at radius 1 is 0.826 bits per heavy atom. The molecule has 7 nitrogen and oxygen atoms in total. The molecule has 2 saturated heterocycles. The van der Waals surface area contributed by atoms with Crippen molar-refractivity contribution in [2.45, 2.75) is 0 Å². The van der Waals surface area contributed by atoms with Crippen molar-refractivity contribution >= 4 is 11.9 Å². The Kier molecular flexibility index (Phi) is 4.56. The van der Waals surface area contributed by atoms with Crippen molar-refractivity contribution in [3.63, 3.8) is 0 Å². The Bertz CT molecular complexity index is 569. The second-order valence-corrected chi connectivity index (χ2v) is 6.36. The van der Waals surface area contributed by atoms with Crippen LogP contribution in [0.4, 0.5) is 4.79 Å². The van der Waals surface area contributed by atoms with Gasteiger partial charge in [-0.25, -0.2) is 4.79 Å². The Morgan fingerprint density at radius 2 is 1.35 bits per heavy atom. The predicted molar refractivity (Wildman–Crippen MR) is 87.4 cm³/mol. The molecular formula is C16H25N5O2. The normalized spacial score (nSPS) is 20.0. The van der Waals surface area contributed by atoms with Crippen LogP contribution in [0.5, 0.6) is 0 Å². The third-order valence-electron chi connectivity index (χ3n) is 4.77. The summed E-state index contributed by atoms with van der Waals surface area (Å²) in [6.45, 7) is 5.86. The van der Waals surface area contributed by atoms with Gasteiger partial charge in [-0.1, -0.05) is 0 Å². The zero-order valence-electron chi connectivity index (χ0n) is 13.9. The van der Waals surface area contributed by atoms with Gasteiger partial charge in [0.25, 0.3) is 5.91 Å². The second-order valence-electron chi connectivity index (χ2n) is 6.36. The van der Waals surface area contributed by atoms with Gasteiger partial charge in [0.2, 0.25) is 0 Å². The maximum atomic E-state index is 12.5. The molecule has 2 aliphatic heterocycles. The van der Waals surface area contributed by atoms with Gasteiger partial charge in [-0.15, -0.1) is 0 Å². The third kappa shape index (κ3) is 3.34. The standard InChI is InChI=1S/C16H25N5O2/c1-17-6-8-20(9-7-17)16(23)21-12-10-19(11-13-21)15(22)14-4-3-5-18(14)2/h3-5H,6-13H2,1-2H3. The lowest BCUT2D eigenvalue weighted by molar-refractivity contribution is 0.0611. The lowest BCUT2D eigenvalue weighted by Gasteiger charge is -2.40. The lowest BCUT2D eigenvalue weighted by Crippen LogP contribution is -2.57. The largest absolute Gasteiger partial charge is 0.347 e. The summed E-state index contributed by atoms with van der Waals surface area (Å²) in [7, 11) is 3.95. The number of aromatic nitrogens is 1. The van der Waals surface area contributed by atoms with E-state index in [1.54, 1.807) is 0 Å². The highest BCUT2D eigenvalue weighted by molar-refractivity contribution is 5.93. The van der Waals surface area contributed by atoms with Crippen molar-refractivity contribution < 1.29 is 9.59 Å². The molecule has 0 bridgehead atoms. The van der Waals surface area contributed by atoms with Gasteiger partial charge in [-0.05, 0) is 19.2 Å². The van der Waals surface area contributed by atoms with Crippen molar-refractivity contribution in [3.05, 3.63) is 24.0 Å². The fraction of sp³-hybridized carbons (Fsp3) is 0.625.